The summed E-state index contributed by atoms with van der Waals surface area (Å²) in [6.07, 6.45) is 1.98. The van der Waals surface area contributed by atoms with Crippen LogP contribution in [0.15, 0.2) is 30.3 Å². The fourth-order valence-electron chi connectivity index (χ4n) is 2.61. The highest BCUT2D eigenvalue weighted by Crippen LogP contribution is 2.32. The summed E-state index contributed by atoms with van der Waals surface area (Å²) in [5, 5.41) is 2.94. The molecule has 1 aromatic carbocycles. The molecular formula is C14H19F2N. The molecule has 0 aliphatic heterocycles. The maximum absolute atomic E-state index is 12.1. The predicted octanol–water partition coefficient (Wildman–Crippen LogP) is 3.57. The van der Waals surface area contributed by atoms with E-state index in [-0.39, 0.29) is 12.6 Å². The maximum Gasteiger partial charge on any atom is 0.250 e. The van der Waals surface area contributed by atoms with Gasteiger partial charge in [-0.15, -0.1) is 0 Å². The summed E-state index contributed by atoms with van der Waals surface area (Å²) in [6.45, 7) is -0.166. The van der Waals surface area contributed by atoms with Crippen LogP contribution >= 0.6 is 0 Å². The van der Waals surface area contributed by atoms with E-state index in [9.17, 15) is 8.78 Å². The second-order valence-corrected chi connectivity index (χ2v) is 4.76. The molecule has 0 saturated heterocycles. The second kappa shape index (κ2) is 6.10. The van der Waals surface area contributed by atoms with Crippen molar-refractivity contribution >= 4 is 0 Å². The largest absolute Gasteiger partial charge is 0.309 e. The Kier molecular flexibility index (Phi) is 4.49. The Morgan fingerprint density at radius 3 is 2.29 bits per heavy atom. The van der Waals surface area contributed by atoms with E-state index in [1.165, 1.54) is 5.56 Å². The summed E-state index contributed by atoms with van der Waals surface area (Å²) < 4.78 is 24.1. The van der Waals surface area contributed by atoms with E-state index in [4.69, 9.17) is 0 Å². The third-order valence-corrected chi connectivity index (χ3v) is 3.56. The molecule has 1 aliphatic rings. The topological polar surface area (TPSA) is 12.0 Å². The molecule has 0 atom stereocenters. The number of rotatable bonds is 4. The molecular weight excluding hydrogens is 220 g/mol. The van der Waals surface area contributed by atoms with Crippen LogP contribution in [0.25, 0.3) is 0 Å². The van der Waals surface area contributed by atoms with E-state index in [1.54, 1.807) is 0 Å². The first-order chi connectivity index (χ1) is 8.25. The Morgan fingerprint density at radius 2 is 1.71 bits per heavy atom. The maximum atomic E-state index is 12.1. The van der Waals surface area contributed by atoms with Gasteiger partial charge < -0.3 is 5.32 Å². The lowest BCUT2D eigenvalue weighted by Gasteiger charge is -2.29. The first-order valence-electron chi connectivity index (χ1n) is 6.32. The van der Waals surface area contributed by atoms with Gasteiger partial charge in [-0.2, -0.15) is 0 Å². The molecule has 0 heterocycles. The van der Waals surface area contributed by atoms with Crippen LogP contribution in [0.1, 0.15) is 37.2 Å². The van der Waals surface area contributed by atoms with Crippen LogP contribution in [0.2, 0.25) is 0 Å². The van der Waals surface area contributed by atoms with Crippen molar-refractivity contribution in [1.82, 2.24) is 5.32 Å². The van der Waals surface area contributed by atoms with E-state index in [0.717, 1.165) is 25.7 Å². The molecule has 1 saturated carbocycles. The van der Waals surface area contributed by atoms with Crippen molar-refractivity contribution < 1.29 is 8.78 Å². The number of benzene rings is 1. The Bertz CT molecular complexity index is 318. The summed E-state index contributed by atoms with van der Waals surface area (Å²) in [5.74, 6) is 0.612. The summed E-state index contributed by atoms with van der Waals surface area (Å²) in [7, 11) is 0. The molecule has 0 spiro atoms. The van der Waals surface area contributed by atoms with Crippen molar-refractivity contribution in [2.45, 2.75) is 44.1 Å². The lowest BCUT2D eigenvalue weighted by molar-refractivity contribution is 0.137. The van der Waals surface area contributed by atoms with E-state index in [1.807, 2.05) is 6.07 Å². The third kappa shape index (κ3) is 3.77. The van der Waals surface area contributed by atoms with Gasteiger partial charge in [-0.1, -0.05) is 30.3 Å². The molecule has 0 bridgehead atoms. The molecule has 1 fully saturated rings. The predicted molar refractivity (Wildman–Crippen MR) is 65.4 cm³/mol. The highest BCUT2D eigenvalue weighted by Gasteiger charge is 2.22. The van der Waals surface area contributed by atoms with Crippen molar-refractivity contribution in [3.05, 3.63) is 35.9 Å². The SMILES string of the molecule is FC(F)CNC1CCC(c2ccccc2)CC1. The van der Waals surface area contributed by atoms with Crippen LogP contribution in [0, 0.1) is 0 Å². The number of alkyl halides is 2. The molecule has 2 rings (SSSR count). The first-order valence-corrected chi connectivity index (χ1v) is 6.32. The number of hydrogen-bond acceptors (Lipinski definition) is 1. The molecule has 17 heavy (non-hydrogen) atoms. The smallest absolute Gasteiger partial charge is 0.250 e. The van der Waals surface area contributed by atoms with Gasteiger partial charge in [0, 0.05) is 6.04 Å². The molecule has 0 radical (unpaired) electrons. The molecule has 1 aromatic rings. The van der Waals surface area contributed by atoms with Crippen LogP contribution in [0.4, 0.5) is 8.78 Å². The minimum atomic E-state index is -2.23. The fourth-order valence-corrected chi connectivity index (χ4v) is 2.61. The van der Waals surface area contributed by atoms with Crippen molar-refractivity contribution in [2.24, 2.45) is 0 Å². The lowest BCUT2D eigenvalue weighted by Crippen LogP contribution is -2.35. The van der Waals surface area contributed by atoms with E-state index < -0.39 is 6.43 Å². The minimum absolute atomic E-state index is 0.166. The third-order valence-electron chi connectivity index (χ3n) is 3.56. The van der Waals surface area contributed by atoms with Gasteiger partial charge in [0.2, 0.25) is 0 Å². The first kappa shape index (κ1) is 12.5. The van der Waals surface area contributed by atoms with E-state index in [2.05, 4.69) is 29.6 Å². The Balaban J connectivity index is 1.78. The molecule has 0 unspecified atom stereocenters. The highest BCUT2D eigenvalue weighted by atomic mass is 19.3. The van der Waals surface area contributed by atoms with Gasteiger partial charge >= 0.3 is 0 Å². The molecule has 3 heteroatoms. The van der Waals surface area contributed by atoms with Crippen molar-refractivity contribution in [2.75, 3.05) is 6.54 Å². The molecule has 1 N–H and O–H groups in total. The lowest BCUT2D eigenvalue weighted by atomic mass is 9.82. The zero-order chi connectivity index (χ0) is 12.1. The Hall–Kier alpha value is -0.960. The monoisotopic (exact) mass is 239 g/mol. The van der Waals surface area contributed by atoms with Crippen LogP contribution in [-0.4, -0.2) is 19.0 Å². The molecule has 94 valence electrons. The van der Waals surface area contributed by atoms with Crippen molar-refractivity contribution in [1.29, 1.82) is 0 Å². The van der Waals surface area contributed by atoms with Gasteiger partial charge in [0.1, 0.15) is 0 Å². The van der Waals surface area contributed by atoms with E-state index in [0.29, 0.717) is 5.92 Å². The summed E-state index contributed by atoms with van der Waals surface area (Å²) in [6, 6.07) is 10.8. The van der Waals surface area contributed by atoms with Gasteiger partial charge in [-0.3, -0.25) is 0 Å². The van der Waals surface area contributed by atoms with Gasteiger partial charge in [-0.05, 0) is 37.2 Å². The van der Waals surface area contributed by atoms with Crippen LogP contribution in [-0.2, 0) is 0 Å². The Labute approximate surface area is 101 Å². The normalized spacial score (nSPS) is 25.1. The van der Waals surface area contributed by atoms with Crippen LogP contribution in [0.5, 0.6) is 0 Å². The van der Waals surface area contributed by atoms with Gasteiger partial charge in [0.25, 0.3) is 6.43 Å². The summed E-state index contributed by atoms with van der Waals surface area (Å²) in [5.41, 5.74) is 1.39. The molecule has 0 amide bonds. The highest BCUT2D eigenvalue weighted by molar-refractivity contribution is 5.20. The van der Waals surface area contributed by atoms with Gasteiger partial charge in [0.15, 0.2) is 0 Å². The minimum Gasteiger partial charge on any atom is -0.309 e. The van der Waals surface area contributed by atoms with Crippen molar-refractivity contribution in [3.8, 4) is 0 Å². The van der Waals surface area contributed by atoms with Crippen LogP contribution < -0.4 is 5.32 Å². The second-order valence-electron chi connectivity index (χ2n) is 4.76. The molecule has 1 nitrogen and oxygen atoms in total. The summed E-state index contributed by atoms with van der Waals surface area (Å²) >= 11 is 0. The molecule has 1 aliphatic carbocycles. The number of hydrogen-bond donors (Lipinski definition) is 1. The molecule has 0 aromatic heterocycles. The fraction of sp³-hybridized carbons (Fsp3) is 0.571. The van der Waals surface area contributed by atoms with Crippen molar-refractivity contribution in [3.63, 3.8) is 0 Å². The standard InChI is InChI=1S/C14H19F2N/c15-14(16)10-17-13-8-6-12(7-9-13)11-4-2-1-3-5-11/h1-5,12-14,17H,6-10H2. The zero-order valence-corrected chi connectivity index (χ0v) is 9.91. The van der Waals surface area contributed by atoms with E-state index >= 15 is 0 Å². The average molecular weight is 239 g/mol. The van der Waals surface area contributed by atoms with Gasteiger partial charge in [0.05, 0.1) is 6.54 Å². The van der Waals surface area contributed by atoms with Gasteiger partial charge in [-0.25, -0.2) is 8.78 Å². The number of nitrogens with one attached hydrogen (secondary N) is 1. The number of halogens is 2. The Morgan fingerprint density at radius 1 is 1.06 bits per heavy atom. The quantitative estimate of drug-likeness (QED) is 0.847. The average Bonchev–Trinajstić information content (AvgIpc) is 2.38. The zero-order valence-electron chi connectivity index (χ0n) is 9.91. The summed E-state index contributed by atoms with van der Waals surface area (Å²) in [4.78, 5) is 0. The van der Waals surface area contributed by atoms with Crippen LogP contribution in [0.3, 0.4) is 0 Å².